The molecule has 0 saturated heterocycles. The summed E-state index contributed by atoms with van der Waals surface area (Å²) >= 11 is 3.79. The summed E-state index contributed by atoms with van der Waals surface area (Å²) in [4.78, 5) is 0. The van der Waals surface area contributed by atoms with E-state index in [0.717, 1.165) is 5.75 Å². The second-order valence-corrected chi connectivity index (χ2v) is 3.95. The highest BCUT2D eigenvalue weighted by atomic mass is 33.1. The van der Waals surface area contributed by atoms with E-state index in [1.54, 1.807) is 21.6 Å². The fraction of sp³-hybridized carbons (Fsp3) is 1.00. The molecule has 0 atom stereocenters. The van der Waals surface area contributed by atoms with Crippen molar-refractivity contribution < 1.29 is 0 Å². The highest BCUT2D eigenvalue weighted by Gasteiger charge is 1.55. The van der Waals surface area contributed by atoms with Gasteiger partial charge in [0, 0.05) is 0 Å². The third-order valence-corrected chi connectivity index (χ3v) is 1.50. The Hall–Kier alpha value is 1.05. The van der Waals surface area contributed by atoms with Crippen LogP contribution in [0.2, 0.25) is 0 Å². The molecule has 0 bridgehead atoms. The van der Waals surface area contributed by atoms with E-state index in [9.17, 15) is 0 Å². The fourth-order valence-corrected chi connectivity index (χ4v) is 0. The van der Waals surface area contributed by atoms with Crippen molar-refractivity contribution in [2.45, 2.75) is 6.92 Å². The van der Waals surface area contributed by atoms with Crippen molar-refractivity contribution in [1.82, 2.24) is 0 Å². The topological polar surface area (TPSA) is 0 Å². The third kappa shape index (κ3) is 42.8. The maximum Gasteiger partial charge on any atom is -0.00793 e. The summed E-state index contributed by atoms with van der Waals surface area (Å²) in [6, 6.07) is 0. The third-order valence-electron chi connectivity index (χ3n) is 0.167. The number of rotatable bonds is 1. The standard InChI is InChI=1S/C2H6S2.C2H6S/c1-3-4-2;1-2-3/h1-2H3;3H,2H2,1H3. The van der Waals surface area contributed by atoms with E-state index in [0.29, 0.717) is 0 Å². The van der Waals surface area contributed by atoms with Crippen LogP contribution in [-0.2, 0) is 0 Å². The summed E-state index contributed by atoms with van der Waals surface area (Å²) in [7, 11) is 3.55. The van der Waals surface area contributed by atoms with E-state index >= 15 is 0 Å². The summed E-state index contributed by atoms with van der Waals surface area (Å²) in [5.74, 6) is 0.944. The first-order valence-electron chi connectivity index (χ1n) is 2.01. The van der Waals surface area contributed by atoms with Crippen LogP contribution in [0.1, 0.15) is 6.92 Å². The highest BCUT2D eigenvalue weighted by molar-refractivity contribution is 8.76. The second kappa shape index (κ2) is 15.7. The zero-order chi connectivity index (χ0) is 6.12. The van der Waals surface area contributed by atoms with Gasteiger partial charge in [0.25, 0.3) is 0 Å². The maximum absolute atomic E-state index is 3.79. The number of hydrogen-bond acceptors (Lipinski definition) is 3. The fourth-order valence-electron chi connectivity index (χ4n) is 0. The van der Waals surface area contributed by atoms with Gasteiger partial charge < -0.3 is 0 Å². The minimum atomic E-state index is 0.944. The first-order valence-corrected chi connectivity index (χ1v) is 5.61. The van der Waals surface area contributed by atoms with Crippen LogP contribution in [0, 0.1) is 0 Å². The van der Waals surface area contributed by atoms with E-state index in [1.807, 2.05) is 6.92 Å². The molecule has 0 aliphatic heterocycles. The average molecular weight is 156 g/mol. The largest absolute Gasteiger partial charge is 0.180 e. The van der Waals surface area contributed by atoms with Crippen molar-refractivity contribution >= 4 is 34.2 Å². The molecule has 0 saturated carbocycles. The molecule has 0 rings (SSSR count). The molecule has 0 heterocycles. The van der Waals surface area contributed by atoms with Crippen LogP contribution in [0.4, 0.5) is 0 Å². The Morgan fingerprint density at radius 1 is 1.29 bits per heavy atom. The molecule has 0 aromatic rings. The van der Waals surface area contributed by atoms with Gasteiger partial charge in [0.1, 0.15) is 0 Å². The Bertz CT molecular complexity index is 14.4. The molecule has 0 aromatic carbocycles. The predicted molar refractivity (Wildman–Crippen MR) is 46.6 cm³/mol. The second-order valence-electron chi connectivity index (χ2n) is 0.650. The quantitative estimate of drug-likeness (QED) is 0.458. The lowest BCUT2D eigenvalue weighted by molar-refractivity contribution is 1.54. The average Bonchev–Trinajstić information content (AvgIpc) is 1.69. The summed E-state index contributed by atoms with van der Waals surface area (Å²) in [6.07, 6.45) is 4.12. The number of thiol groups is 1. The normalized spacial score (nSPS) is 6.86. The van der Waals surface area contributed by atoms with Crippen molar-refractivity contribution in [1.29, 1.82) is 0 Å². The molecule has 0 unspecified atom stereocenters. The van der Waals surface area contributed by atoms with E-state index in [1.165, 1.54) is 0 Å². The maximum atomic E-state index is 3.79. The van der Waals surface area contributed by atoms with Gasteiger partial charge in [0.15, 0.2) is 0 Å². The zero-order valence-corrected chi connectivity index (χ0v) is 7.50. The van der Waals surface area contributed by atoms with Crippen LogP contribution in [0.15, 0.2) is 0 Å². The first-order chi connectivity index (χ1) is 3.33. The van der Waals surface area contributed by atoms with Crippen LogP contribution in [0.3, 0.4) is 0 Å². The van der Waals surface area contributed by atoms with E-state index < -0.39 is 0 Å². The van der Waals surface area contributed by atoms with Crippen LogP contribution in [-0.4, -0.2) is 18.3 Å². The summed E-state index contributed by atoms with van der Waals surface area (Å²) in [6.45, 7) is 1.99. The Morgan fingerprint density at radius 2 is 1.43 bits per heavy atom. The minimum absolute atomic E-state index is 0.944. The monoisotopic (exact) mass is 156 g/mol. The summed E-state index contributed by atoms with van der Waals surface area (Å²) in [5, 5.41) is 0. The molecule has 0 fully saturated rings. The molecule has 0 aromatic heterocycles. The molecule has 0 radical (unpaired) electrons. The Labute approximate surface area is 59.6 Å². The zero-order valence-electron chi connectivity index (χ0n) is 4.97. The van der Waals surface area contributed by atoms with Gasteiger partial charge in [0.2, 0.25) is 0 Å². The summed E-state index contributed by atoms with van der Waals surface area (Å²) < 4.78 is 0. The minimum Gasteiger partial charge on any atom is -0.180 e. The molecule has 0 aliphatic carbocycles. The van der Waals surface area contributed by atoms with Crippen LogP contribution in [0.25, 0.3) is 0 Å². The first kappa shape index (κ1) is 10.9. The highest BCUT2D eigenvalue weighted by Crippen LogP contribution is 2.09. The van der Waals surface area contributed by atoms with Crippen LogP contribution >= 0.6 is 34.2 Å². The molecular formula is C4H12S3. The van der Waals surface area contributed by atoms with Crippen molar-refractivity contribution in [3.8, 4) is 0 Å². The molecule has 7 heavy (non-hydrogen) atoms. The van der Waals surface area contributed by atoms with Gasteiger partial charge in [-0.1, -0.05) is 28.5 Å². The van der Waals surface area contributed by atoms with E-state index in [2.05, 4.69) is 25.1 Å². The molecule has 0 nitrogen and oxygen atoms in total. The molecular weight excluding hydrogens is 144 g/mol. The lowest BCUT2D eigenvalue weighted by atomic mass is 11.0. The molecule has 3 heteroatoms. The molecule has 0 spiro atoms. The lowest BCUT2D eigenvalue weighted by Crippen LogP contribution is -1.36. The van der Waals surface area contributed by atoms with Crippen molar-refractivity contribution in [2.24, 2.45) is 0 Å². The Morgan fingerprint density at radius 3 is 1.43 bits per heavy atom. The van der Waals surface area contributed by atoms with Gasteiger partial charge >= 0.3 is 0 Å². The SMILES string of the molecule is CCS.CSSC. The van der Waals surface area contributed by atoms with Crippen molar-refractivity contribution in [3.63, 3.8) is 0 Å². The lowest BCUT2D eigenvalue weighted by Gasteiger charge is -1.69. The molecule has 0 amide bonds. The van der Waals surface area contributed by atoms with Gasteiger partial charge in [0.05, 0.1) is 0 Å². The van der Waals surface area contributed by atoms with E-state index in [-0.39, 0.29) is 0 Å². The Kier molecular flexibility index (Phi) is 24.6. The van der Waals surface area contributed by atoms with Gasteiger partial charge in [-0.05, 0) is 18.3 Å². The predicted octanol–water partition coefficient (Wildman–Crippen LogP) is 2.56. The van der Waals surface area contributed by atoms with Gasteiger partial charge in [-0.25, -0.2) is 0 Å². The summed E-state index contributed by atoms with van der Waals surface area (Å²) in [5.41, 5.74) is 0. The van der Waals surface area contributed by atoms with Gasteiger partial charge in [-0.2, -0.15) is 12.6 Å². The molecule has 0 aliphatic rings. The van der Waals surface area contributed by atoms with Gasteiger partial charge in [-0.15, -0.1) is 0 Å². The Balaban J connectivity index is 0. The molecule has 46 valence electrons. The van der Waals surface area contributed by atoms with Crippen LogP contribution < -0.4 is 0 Å². The molecule has 0 N–H and O–H groups in total. The van der Waals surface area contributed by atoms with Crippen molar-refractivity contribution in [3.05, 3.63) is 0 Å². The van der Waals surface area contributed by atoms with Crippen LogP contribution in [0.5, 0.6) is 0 Å². The van der Waals surface area contributed by atoms with Gasteiger partial charge in [-0.3, -0.25) is 0 Å². The smallest absolute Gasteiger partial charge is 0.00793 e. The number of hydrogen-bond donors (Lipinski definition) is 1. The van der Waals surface area contributed by atoms with E-state index in [4.69, 9.17) is 0 Å². The van der Waals surface area contributed by atoms with Crippen molar-refractivity contribution in [2.75, 3.05) is 18.3 Å².